The van der Waals surface area contributed by atoms with E-state index in [1.54, 1.807) is 29.9 Å². The molecule has 0 fully saturated rings. The summed E-state index contributed by atoms with van der Waals surface area (Å²) < 4.78 is 36.9. The third-order valence-electron chi connectivity index (χ3n) is 5.45. The molecule has 6 nitrogen and oxygen atoms in total. The van der Waals surface area contributed by atoms with Crippen molar-refractivity contribution in [3.63, 3.8) is 0 Å². The van der Waals surface area contributed by atoms with Gasteiger partial charge >= 0.3 is 4.87 Å². The third kappa shape index (κ3) is 4.56. The van der Waals surface area contributed by atoms with Crippen LogP contribution in [-0.4, -0.2) is 20.1 Å². The molecule has 0 aliphatic carbocycles. The number of benzene rings is 2. The Morgan fingerprint density at radius 1 is 1.03 bits per heavy atom. The molecule has 1 heterocycles. The Morgan fingerprint density at radius 3 is 2.29 bits per heavy atom. The van der Waals surface area contributed by atoms with Crippen LogP contribution in [0, 0.1) is 6.92 Å². The van der Waals surface area contributed by atoms with Crippen LogP contribution in [0.1, 0.15) is 69.3 Å². The number of rotatable bonds is 7. The molecule has 1 unspecified atom stereocenters. The quantitative estimate of drug-likeness (QED) is 0.528. The van der Waals surface area contributed by atoms with Crippen molar-refractivity contribution in [2.75, 3.05) is 7.11 Å². The zero-order chi connectivity index (χ0) is 23.1. The van der Waals surface area contributed by atoms with Gasteiger partial charge < -0.3 is 4.74 Å². The lowest BCUT2D eigenvalue weighted by Crippen LogP contribution is -2.27. The second-order valence-electron chi connectivity index (χ2n) is 8.41. The number of aromatic nitrogens is 1. The molecule has 1 atom stereocenters. The predicted octanol–water partition coefficient (Wildman–Crippen LogP) is 5.12. The summed E-state index contributed by atoms with van der Waals surface area (Å²) in [5.74, 6) is 1.05. The van der Waals surface area contributed by atoms with Crippen LogP contribution >= 0.6 is 11.3 Å². The van der Waals surface area contributed by atoms with Gasteiger partial charge in [0.2, 0.25) is 10.0 Å². The summed E-state index contributed by atoms with van der Waals surface area (Å²) in [4.78, 5) is 12.4. The van der Waals surface area contributed by atoms with E-state index in [0.717, 1.165) is 39.3 Å². The largest absolute Gasteiger partial charge is 0.496 e. The van der Waals surface area contributed by atoms with Gasteiger partial charge in [0.15, 0.2) is 0 Å². The number of methoxy groups -OCH3 is 1. The molecule has 0 saturated carbocycles. The highest BCUT2D eigenvalue weighted by Crippen LogP contribution is 2.33. The molecule has 0 aliphatic heterocycles. The number of thiazole rings is 1. The number of aryl methyl sites for hydroxylation is 1. The van der Waals surface area contributed by atoms with Crippen LogP contribution in [-0.2, 0) is 10.0 Å². The minimum Gasteiger partial charge on any atom is -0.496 e. The average Bonchev–Trinajstić information content (AvgIpc) is 3.01. The maximum Gasteiger partial charge on any atom is 0.308 e. The summed E-state index contributed by atoms with van der Waals surface area (Å²) in [6.07, 6.45) is 0. The van der Waals surface area contributed by atoms with Gasteiger partial charge in [0.1, 0.15) is 5.75 Å². The van der Waals surface area contributed by atoms with Crippen molar-refractivity contribution in [2.24, 2.45) is 0 Å². The Bertz CT molecular complexity index is 1270. The van der Waals surface area contributed by atoms with E-state index in [4.69, 9.17) is 4.74 Å². The van der Waals surface area contributed by atoms with Crippen molar-refractivity contribution in [3.05, 3.63) is 56.7 Å². The number of nitrogens with one attached hydrogen (secondary N) is 1. The molecule has 0 amide bonds. The first kappa shape index (κ1) is 23.5. The molecule has 3 rings (SSSR count). The first-order valence-corrected chi connectivity index (χ1v) is 12.6. The van der Waals surface area contributed by atoms with Crippen molar-refractivity contribution in [2.45, 2.75) is 64.4 Å². The summed E-state index contributed by atoms with van der Waals surface area (Å²) >= 11 is 1.07. The molecule has 1 N–H and O–H groups in total. The maximum atomic E-state index is 13.1. The van der Waals surface area contributed by atoms with Crippen LogP contribution < -0.4 is 14.3 Å². The zero-order valence-electron chi connectivity index (χ0n) is 19.0. The average molecular weight is 463 g/mol. The Morgan fingerprint density at radius 2 is 1.71 bits per heavy atom. The van der Waals surface area contributed by atoms with Crippen LogP contribution in [0.3, 0.4) is 0 Å². The van der Waals surface area contributed by atoms with Gasteiger partial charge in [-0.2, -0.15) is 0 Å². The Kier molecular flexibility index (Phi) is 6.64. The van der Waals surface area contributed by atoms with Gasteiger partial charge in [0.25, 0.3) is 0 Å². The van der Waals surface area contributed by atoms with Crippen LogP contribution in [0.25, 0.3) is 10.2 Å². The number of sulfonamides is 1. The topological polar surface area (TPSA) is 77.4 Å². The highest BCUT2D eigenvalue weighted by atomic mass is 32.2. The van der Waals surface area contributed by atoms with E-state index < -0.39 is 16.1 Å². The molecule has 0 bridgehead atoms. The van der Waals surface area contributed by atoms with E-state index >= 15 is 0 Å². The SMILES string of the molecule is COc1cc(C)c(C(C)NS(=O)(=O)c2ccc3c(c2)sc(=O)n3C(C)C)cc1C(C)C. The first-order valence-electron chi connectivity index (χ1n) is 10.3. The minimum absolute atomic E-state index is 0.00931. The number of fused-ring (bicyclic) bond motifs is 1. The summed E-state index contributed by atoms with van der Waals surface area (Å²) in [7, 11) is -2.13. The summed E-state index contributed by atoms with van der Waals surface area (Å²) in [5.41, 5.74) is 3.66. The monoisotopic (exact) mass is 462 g/mol. The molecular weight excluding hydrogens is 432 g/mol. The van der Waals surface area contributed by atoms with Gasteiger partial charge in [-0.15, -0.1) is 0 Å². The molecule has 31 heavy (non-hydrogen) atoms. The van der Waals surface area contributed by atoms with Gasteiger partial charge in [-0.3, -0.25) is 9.36 Å². The van der Waals surface area contributed by atoms with Crippen molar-refractivity contribution in [1.29, 1.82) is 0 Å². The van der Waals surface area contributed by atoms with Crippen LogP contribution in [0.15, 0.2) is 40.0 Å². The normalized spacial score (nSPS) is 13.3. The highest BCUT2D eigenvalue weighted by molar-refractivity contribution is 7.89. The van der Waals surface area contributed by atoms with Crippen LogP contribution in [0.2, 0.25) is 0 Å². The van der Waals surface area contributed by atoms with E-state index in [0.29, 0.717) is 4.70 Å². The second-order valence-corrected chi connectivity index (χ2v) is 11.1. The number of hydrogen-bond donors (Lipinski definition) is 1. The lowest BCUT2D eigenvalue weighted by atomic mass is 9.94. The standard InChI is InChI=1S/C23H30N2O4S2/c1-13(2)18-12-19(15(5)10-21(18)29-7)16(6)24-31(27,28)17-8-9-20-22(11-17)30-23(26)25(20)14(3)4/h8-14,16,24H,1-7H3. The zero-order valence-corrected chi connectivity index (χ0v) is 20.6. The summed E-state index contributed by atoms with van der Waals surface area (Å²) in [6, 6.07) is 8.40. The molecule has 2 aromatic carbocycles. The molecule has 168 valence electrons. The van der Waals surface area contributed by atoms with E-state index in [1.807, 2.05) is 39.8 Å². The smallest absolute Gasteiger partial charge is 0.308 e. The van der Waals surface area contributed by atoms with Gasteiger partial charge in [0, 0.05) is 12.1 Å². The molecule has 8 heteroatoms. The fraction of sp³-hybridized carbons (Fsp3) is 0.435. The molecule has 0 radical (unpaired) electrons. The van der Waals surface area contributed by atoms with Gasteiger partial charge in [0.05, 0.1) is 22.2 Å². The minimum atomic E-state index is -3.77. The first-order chi connectivity index (χ1) is 14.5. The van der Waals surface area contributed by atoms with Crippen molar-refractivity contribution >= 4 is 31.6 Å². The predicted molar refractivity (Wildman–Crippen MR) is 127 cm³/mol. The van der Waals surface area contributed by atoms with Crippen molar-refractivity contribution < 1.29 is 13.2 Å². The number of ether oxygens (including phenoxy) is 1. The lowest BCUT2D eigenvalue weighted by Gasteiger charge is -2.21. The fourth-order valence-corrected chi connectivity index (χ4v) is 6.22. The van der Waals surface area contributed by atoms with E-state index in [-0.39, 0.29) is 21.7 Å². The van der Waals surface area contributed by atoms with Gasteiger partial charge in [-0.1, -0.05) is 25.2 Å². The molecule has 1 aromatic heterocycles. The van der Waals surface area contributed by atoms with E-state index in [1.165, 1.54) is 0 Å². The molecule has 0 saturated heterocycles. The Hall–Kier alpha value is -2.16. The van der Waals surface area contributed by atoms with Crippen LogP contribution in [0.4, 0.5) is 0 Å². The summed E-state index contributed by atoms with van der Waals surface area (Å²) in [5, 5.41) is 0. The molecule has 0 spiro atoms. The maximum absolute atomic E-state index is 13.1. The molecule has 0 aliphatic rings. The van der Waals surface area contributed by atoms with Crippen molar-refractivity contribution in [3.8, 4) is 5.75 Å². The Balaban J connectivity index is 1.97. The fourth-order valence-electron chi connectivity index (χ4n) is 3.85. The number of hydrogen-bond acceptors (Lipinski definition) is 5. The second kappa shape index (κ2) is 8.76. The summed E-state index contributed by atoms with van der Waals surface area (Å²) in [6.45, 7) is 11.8. The van der Waals surface area contributed by atoms with E-state index in [9.17, 15) is 13.2 Å². The third-order valence-corrected chi connectivity index (χ3v) is 7.91. The Labute approximate surface area is 187 Å². The lowest BCUT2D eigenvalue weighted by molar-refractivity contribution is 0.406. The molecule has 3 aromatic rings. The van der Waals surface area contributed by atoms with Gasteiger partial charge in [-0.05, 0) is 80.6 Å². The molecular formula is C23H30N2O4S2. The number of nitrogens with zero attached hydrogens (tertiary/aromatic N) is 1. The van der Waals surface area contributed by atoms with Gasteiger partial charge in [-0.25, -0.2) is 13.1 Å². The highest BCUT2D eigenvalue weighted by Gasteiger charge is 2.23. The van der Waals surface area contributed by atoms with Crippen molar-refractivity contribution in [1.82, 2.24) is 9.29 Å². The van der Waals surface area contributed by atoms with E-state index in [2.05, 4.69) is 18.6 Å². The van der Waals surface area contributed by atoms with Crippen LogP contribution in [0.5, 0.6) is 5.75 Å².